The number of hydrogen-bond donors (Lipinski definition) is 0. The molecule has 3 aliphatic heterocycles. The van der Waals surface area contributed by atoms with E-state index in [9.17, 15) is 0 Å². The highest BCUT2D eigenvalue weighted by Crippen LogP contribution is 2.37. The molecule has 2 unspecified atom stereocenters. The number of ether oxygens (including phenoxy) is 2. The Labute approximate surface area is 202 Å². The molecule has 10 heteroatoms. The van der Waals surface area contributed by atoms with Gasteiger partial charge in [0, 0.05) is 41.2 Å². The summed E-state index contributed by atoms with van der Waals surface area (Å²) in [6.07, 6.45) is 6.55. The van der Waals surface area contributed by atoms with Crippen molar-refractivity contribution >= 4 is 17.4 Å². The van der Waals surface area contributed by atoms with Gasteiger partial charge in [-0.05, 0) is 44.9 Å². The third-order valence-corrected chi connectivity index (χ3v) is 6.50. The van der Waals surface area contributed by atoms with Gasteiger partial charge in [0.1, 0.15) is 12.6 Å². The van der Waals surface area contributed by atoms with Gasteiger partial charge in [-0.25, -0.2) is 4.98 Å². The highest BCUT2D eigenvalue weighted by Gasteiger charge is 2.27. The van der Waals surface area contributed by atoms with Crippen molar-refractivity contribution < 1.29 is 14.3 Å². The standard InChI is InChI=1S/C24H26ClN6O3/c1-14(2)33-12-21-27-24(29-34-21)23-20-8-15-10-30(11-17-4-3-7-32-17)28-22(15)18-9-16(25)5-6-19(18)31(20)13-26-23/h5-6,9-10,13-14,17,21H,3-4,7-8,11-12H2,1-2H3/q-1. The maximum Gasteiger partial charge on any atom is 0.134 e. The summed E-state index contributed by atoms with van der Waals surface area (Å²) in [5.74, 6) is 0.483. The summed E-state index contributed by atoms with van der Waals surface area (Å²) in [7, 11) is 0. The molecule has 1 aromatic carbocycles. The van der Waals surface area contributed by atoms with Crippen LogP contribution in [0.4, 0.5) is 0 Å². The van der Waals surface area contributed by atoms with Crippen LogP contribution in [0.5, 0.6) is 0 Å². The number of imidazole rings is 1. The Bertz CT molecular complexity index is 1240. The predicted molar refractivity (Wildman–Crippen MR) is 127 cm³/mol. The zero-order valence-corrected chi connectivity index (χ0v) is 19.9. The molecule has 0 spiro atoms. The molecule has 5 heterocycles. The Morgan fingerprint density at radius 2 is 2.21 bits per heavy atom. The van der Waals surface area contributed by atoms with E-state index in [1.54, 1.807) is 6.33 Å². The minimum Gasteiger partial charge on any atom is -0.488 e. The molecule has 1 fully saturated rings. The Morgan fingerprint density at radius 3 is 3.03 bits per heavy atom. The Hall–Kier alpha value is -2.88. The zero-order chi connectivity index (χ0) is 23.2. The summed E-state index contributed by atoms with van der Waals surface area (Å²) in [6, 6.07) is 5.86. The third-order valence-electron chi connectivity index (χ3n) is 6.26. The normalized spacial score (nSPS) is 20.9. The largest absolute Gasteiger partial charge is 0.488 e. The van der Waals surface area contributed by atoms with E-state index in [-0.39, 0.29) is 12.2 Å². The SMILES string of the molecule is CC(C)OCC1[N-]C(c2ncn3c2Cc2cn(CC4CCCO4)nc2-c2cc(Cl)ccc2-3)=NO1. The van der Waals surface area contributed by atoms with E-state index < -0.39 is 6.23 Å². The number of amidine groups is 1. The summed E-state index contributed by atoms with van der Waals surface area (Å²) in [5, 5.41) is 14.4. The lowest BCUT2D eigenvalue weighted by Gasteiger charge is -2.18. The molecule has 0 radical (unpaired) electrons. The third kappa shape index (κ3) is 3.97. The van der Waals surface area contributed by atoms with Gasteiger partial charge in [0.05, 0.1) is 48.1 Å². The Kier molecular flexibility index (Phi) is 5.55. The smallest absolute Gasteiger partial charge is 0.134 e. The lowest BCUT2D eigenvalue weighted by atomic mass is 10.0. The average molecular weight is 482 g/mol. The highest BCUT2D eigenvalue weighted by atomic mass is 35.5. The van der Waals surface area contributed by atoms with E-state index in [0.717, 1.165) is 54.2 Å². The Balaban J connectivity index is 1.36. The molecule has 1 saturated heterocycles. The first kappa shape index (κ1) is 21.6. The van der Waals surface area contributed by atoms with Crippen molar-refractivity contribution in [2.24, 2.45) is 5.16 Å². The highest BCUT2D eigenvalue weighted by molar-refractivity contribution is 6.31. The fourth-order valence-electron chi connectivity index (χ4n) is 4.68. The van der Waals surface area contributed by atoms with Gasteiger partial charge in [-0.15, -0.1) is 0 Å². The molecule has 0 bridgehead atoms. The monoisotopic (exact) mass is 481 g/mol. The summed E-state index contributed by atoms with van der Waals surface area (Å²) >= 11 is 6.40. The zero-order valence-electron chi connectivity index (χ0n) is 19.1. The van der Waals surface area contributed by atoms with Crippen LogP contribution in [0.3, 0.4) is 0 Å². The van der Waals surface area contributed by atoms with Gasteiger partial charge in [-0.3, -0.25) is 9.84 Å². The minimum absolute atomic E-state index is 0.0969. The molecule has 0 saturated carbocycles. The molecular weight excluding hydrogens is 456 g/mol. The minimum atomic E-state index is -0.462. The molecule has 0 aliphatic carbocycles. The lowest BCUT2D eigenvalue weighted by molar-refractivity contribution is -0.00685. The van der Waals surface area contributed by atoms with Crippen LogP contribution < -0.4 is 0 Å². The van der Waals surface area contributed by atoms with Gasteiger partial charge in [0.2, 0.25) is 0 Å². The molecular formula is C24H26ClN6O3-. The van der Waals surface area contributed by atoms with Crippen molar-refractivity contribution in [2.75, 3.05) is 13.2 Å². The molecule has 0 N–H and O–H groups in total. The van der Waals surface area contributed by atoms with Crippen LogP contribution >= 0.6 is 11.6 Å². The molecule has 2 aromatic heterocycles. The van der Waals surface area contributed by atoms with E-state index in [1.807, 2.05) is 36.7 Å². The fraction of sp³-hybridized carbons (Fsp3) is 0.458. The number of oxime groups is 1. The number of benzene rings is 1. The van der Waals surface area contributed by atoms with Gasteiger partial charge in [-0.2, -0.15) is 5.10 Å². The number of hydrogen-bond acceptors (Lipinski definition) is 6. The van der Waals surface area contributed by atoms with Gasteiger partial charge >= 0.3 is 0 Å². The predicted octanol–water partition coefficient (Wildman–Crippen LogP) is 4.29. The average Bonchev–Trinajstić information content (AvgIpc) is 3.60. The molecule has 2 atom stereocenters. The summed E-state index contributed by atoms with van der Waals surface area (Å²) in [5.41, 5.74) is 5.65. The van der Waals surface area contributed by atoms with Crippen LogP contribution in [-0.4, -0.2) is 56.8 Å². The Morgan fingerprint density at radius 1 is 1.29 bits per heavy atom. The second-order valence-electron chi connectivity index (χ2n) is 9.09. The molecule has 3 aromatic rings. The van der Waals surface area contributed by atoms with Crippen LogP contribution in [-0.2, 0) is 27.3 Å². The van der Waals surface area contributed by atoms with Crippen LogP contribution in [0.25, 0.3) is 22.3 Å². The number of nitrogens with zero attached hydrogens (tertiary/aromatic N) is 6. The van der Waals surface area contributed by atoms with Gasteiger partial charge in [0.15, 0.2) is 0 Å². The second-order valence-corrected chi connectivity index (χ2v) is 9.53. The molecule has 0 amide bonds. The summed E-state index contributed by atoms with van der Waals surface area (Å²) < 4.78 is 15.5. The van der Waals surface area contributed by atoms with E-state index in [4.69, 9.17) is 31.0 Å². The molecule has 6 rings (SSSR count). The second kappa shape index (κ2) is 8.72. The van der Waals surface area contributed by atoms with E-state index in [0.29, 0.717) is 29.6 Å². The van der Waals surface area contributed by atoms with Crippen molar-refractivity contribution in [1.82, 2.24) is 19.3 Å². The van der Waals surface area contributed by atoms with Crippen molar-refractivity contribution in [3.63, 3.8) is 0 Å². The first-order chi connectivity index (χ1) is 16.5. The summed E-state index contributed by atoms with van der Waals surface area (Å²) in [4.78, 5) is 10.2. The number of rotatable bonds is 6. The topological polar surface area (TPSA) is 89.8 Å². The van der Waals surface area contributed by atoms with E-state index >= 15 is 0 Å². The number of halogens is 1. The lowest BCUT2D eigenvalue weighted by Crippen LogP contribution is -2.18. The maximum atomic E-state index is 6.40. The van der Waals surface area contributed by atoms with Crippen molar-refractivity contribution in [2.45, 2.75) is 58.1 Å². The first-order valence-electron chi connectivity index (χ1n) is 11.7. The molecule has 178 valence electrons. The van der Waals surface area contributed by atoms with Crippen molar-refractivity contribution in [3.8, 4) is 16.9 Å². The van der Waals surface area contributed by atoms with Gasteiger partial charge < -0.3 is 24.2 Å². The van der Waals surface area contributed by atoms with Gasteiger partial charge in [-0.1, -0.05) is 11.6 Å². The van der Waals surface area contributed by atoms with Crippen LogP contribution in [0.2, 0.25) is 5.02 Å². The molecule has 34 heavy (non-hydrogen) atoms. The quantitative estimate of drug-likeness (QED) is 0.410. The van der Waals surface area contributed by atoms with Crippen LogP contribution in [0, 0.1) is 0 Å². The van der Waals surface area contributed by atoms with Crippen LogP contribution in [0.1, 0.15) is 43.6 Å². The maximum absolute atomic E-state index is 6.40. The first-order valence-corrected chi connectivity index (χ1v) is 12.0. The summed E-state index contributed by atoms with van der Waals surface area (Å²) in [6.45, 7) is 5.87. The van der Waals surface area contributed by atoms with Crippen LogP contribution in [0.15, 0.2) is 35.9 Å². The van der Waals surface area contributed by atoms with Gasteiger partial charge in [0.25, 0.3) is 0 Å². The van der Waals surface area contributed by atoms with Crippen molar-refractivity contribution in [1.29, 1.82) is 0 Å². The number of fused-ring (bicyclic) bond motifs is 5. The fourth-order valence-corrected chi connectivity index (χ4v) is 4.85. The van der Waals surface area contributed by atoms with E-state index in [2.05, 4.69) is 26.2 Å². The molecule has 9 nitrogen and oxygen atoms in total. The number of aromatic nitrogens is 4. The molecule has 3 aliphatic rings. The van der Waals surface area contributed by atoms with Crippen molar-refractivity contribution in [3.05, 3.63) is 58.0 Å². The van der Waals surface area contributed by atoms with E-state index in [1.165, 1.54) is 0 Å².